The summed E-state index contributed by atoms with van der Waals surface area (Å²) in [6.07, 6.45) is 0.0173. The number of carbonyl (C=O) groups excluding carboxylic acids is 1. The van der Waals surface area contributed by atoms with Crippen molar-refractivity contribution in [1.29, 1.82) is 0 Å². The second kappa shape index (κ2) is 14.0. The molecule has 2 aromatic carbocycles. The Labute approximate surface area is 203 Å². The van der Waals surface area contributed by atoms with Gasteiger partial charge in [0.1, 0.15) is 0 Å². The average Bonchev–Trinajstić information content (AvgIpc) is 2.83. The molecule has 0 aromatic heterocycles. The lowest BCUT2D eigenvalue weighted by atomic mass is 9.97. The number of hydrogen-bond acceptors (Lipinski definition) is 3. The Bertz CT molecular complexity index is 926. The van der Waals surface area contributed by atoms with Crippen molar-refractivity contribution in [1.82, 2.24) is 0 Å². The predicted molar refractivity (Wildman–Crippen MR) is 125 cm³/mol. The van der Waals surface area contributed by atoms with Crippen LogP contribution in [-0.2, 0) is 4.74 Å². The second-order valence-corrected chi connectivity index (χ2v) is 8.53. The van der Waals surface area contributed by atoms with Gasteiger partial charge in [-0.2, -0.15) is 17.6 Å². The first kappa shape index (κ1) is 28.6. The second-order valence-electron chi connectivity index (χ2n) is 8.53. The van der Waals surface area contributed by atoms with Gasteiger partial charge in [-0.3, -0.25) is 0 Å². The van der Waals surface area contributed by atoms with Gasteiger partial charge in [0.25, 0.3) is 0 Å². The fourth-order valence-corrected chi connectivity index (χ4v) is 3.64. The number of esters is 1. The molecule has 2 rings (SSSR count). The van der Waals surface area contributed by atoms with Crippen molar-refractivity contribution >= 4 is 5.97 Å². The zero-order valence-electron chi connectivity index (χ0n) is 20.2. The molecule has 1 unspecified atom stereocenters. The molecule has 0 radical (unpaired) electrons. The van der Waals surface area contributed by atoms with Crippen LogP contribution in [0.1, 0.15) is 75.6 Å². The number of halogens is 5. The Hall–Kier alpha value is -2.64. The zero-order valence-corrected chi connectivity index (χ0v) is 20.2. The molecule has 0 spiro atoms. The highest BCUT2D eigenvalue weighted by Crippen LogP contribution is 2.33. The van der Waals surface area contributed by atoms with E-state index in [0.29, 0.717) is 12.0 Å². The smallest absolute Gasteiger partial charge is 0.391 e. The molecular weight excluding hydrogens is 467 g/mol. The van der Waals surface area contributed by atoms with Gasteiger partial charge in [0, 0.05) is 5.56 Å². The van der Waals surface area contributed by atoms with Crippen LogP contribution in [0.25, 0.3) is 11.1 Å². The van der Waals surface area contributed by atoms with Gasteiger partial charge in [0.15, 0.2) is 11.6 Å². The van der Waals surface area contributed by atoms with Crippen LogP contribution in [0.4, 0.5) is 22.0 Å². The molecule has 0 heterocycles. The first-order valence-corrected chi connectivity index (χ1v) is 12.1. The van der Waals surface area contributed by atoms with E-state index in [0.717, 1.165) is 32.1 Å². The molecule has 0 bridgehead atoms. The summed E-state index contributed by atoms with van der Waals surface area (Å²) in [6.45, 7) is 3.88. The Kier molecular flexibility index (Phi) is 11.5. The minimum absolute atomic E-state index is 0.00125. The molecule has 35 heavy (non-hydrogen) atoms. The highest BCUT2D eigenvalue weighted by Gasteiger charge is 2.38. The van der Waals surface area contributed by atoms with Gasteiger partial charge in [-0.25, -0.2) is 9.18 Å². The molecule has 0 aliphatic heterocycles. The first-order valence-electron chi connectivity index (χ1n) is 12.1. The third kappa shape index (κ3) is 8.82. The van der Waals surface area contributed by atoms with Gasteiger partial charge in [-0.15, -0.1) is 0 Å². The number of ether oxygens (including phenoxy) is 2. The topological polar surface area (TPSA) is 35.5 Å². The Morgan fingerprint density at radius 2 is 1.51 bits per heavy atom. The van der Waals surface area contributed by atoms with E-state index >= 15 is 0 Å². The lowest BCUT2D eigenvalue weighted by Gasteiger charge is -2.20. The fourth-order valence-electron chi connectivity index (χ4n) is 3.64. The lowest BCUT2D eigenvalue weighted by molar-refractivity contribution is -0.180. The van der Waals surface area contributed by atoms with E-state index < -0.39 is 29.7 Å². The average molecular weight is 501 g/mol. The van der Waals surface area contributed by atoms with Crippen LogP contribution in [0, 0.1) is 17.6 Å². The Morgan fingerprint density at radius 3 is 2.14 bits per heavy atom. The van der Waals surface area contributed by atoms with Crippen LogP contribution in [0.3, 0.4) is 0 Å². The van der Waals surface area contributed by atoms with Gasteiger partial charge < -0.3 is 9.47 Å². The molecule has 1 atom stereocenters. The number of benzene rings is 2. The summed E-state index contributed by atoms with van der Waals surface area (Å²) < 4.78 is 78.9. The molecule has 0 aliphatic carbocycles. The maximum Gasteiger partial charge on any atom is 0.391 e. The number of hydrogen-bond donors (Lipinski definition) is 0. The molecule has 0 amide bonds. The van der Waals surface area contributed by atoms with Crippen molar-refractivity contribution in [2.75, 3.05) is 13.2 Å². The van der Waals surface area contributed by atoms with E-state index in [2.05, 4.69) is 0 Å². The van der Waals surface area contributed by atoms with Crippen molar-refractivity contribution in [3.63, 3.8) is 0 Å². The van der Waals surface area contributed by atoms with Gasteiger partial charge >= 0.3 is 12.1 Å². The summed E-state index contributed by atoms with van der Waals surface area (Å²) in [6, 6.07) is 8.34. The third-order valence-electron chi connectivity index (χ3n) is 5.80. The Morgan fingerprint density at radius 1 is 0.829 bits per heavy atom. The predicted octanol–water partition coefficient (Wildman–Crippen LogP) is 8.51. The quantitative estimate of drug-likeness (QED) is 0.148. The van der Waals surface area contributed by atoms with E-state index in [-0.39, 0.29) is 42.9 Å². The van der Waals surface area contributed by atoms with Crippen LogP contribution in [0.5, 0.6) is 5.75 Å². The monoisotopic (exact) mass is 500 g/mol. The van der Waals surface area contributed by atoms with Crippen molar-refractivity contribution < 1.29 is 36.2 Å². The molecular formula is C27H33F5O3. The maximum absolute atomic E-state index is 14.5. The molecule has 8 heteroatoms. The lowest BCUT2D eigenvalue weighted by Crippen LogP contribution is -2.25. The molecule has 194 valence electrons. The normalized spacial score (nSPS) is 12.4. The number of rotatable bonds is 14. The molecule has 3 nitrogen and oxygen atoms in total. The standard InChI is InChI=1S/C27H33F5O3/c1-3-5-7-8-9-21(27(30,31)32)16-18-35-26(33)20-12-10-19(11-13-20)22-14-15-23(25(29)24(22)28)34-17-6-4-2/h10-15,21H,3-9,16-18H2,1-2H3. The molecule has 0 saturated heterocycles. The van der Waals surface area contributed by atoms with Gasteiger partial charge in [-0.1, -0.05) is 58.1 Å². The Balaban J connectivity index is 1.96. The summed E-state index contributed by atoms with van der Waals surface area (Å²) in [5.41, 5.74) is 0.448. The molecule has 0 fully saturated rings. The van der Waals surface area contributed by atoms with E-state index in [1.165, 1.54) is 36.4 Å². The van der Waals surface area contributed by atoms with Gasteiger partial charge in [0.05, 0.1) is 24.7 Å². The number of carbonyl (C=O) groups is 1. The minimum atomic E-state index is -4.34. The van der Waals surface area contributed by atoms with Crippen molar-refractivity contribution in [2.24, 2.45) is 5.92 Å². The van der Waals surface area contributed by atoms with E-state index in [4.69, 9.17) is 9.47 Å². The number of unbranched alkanes of at least 4 members (excludes halogenated alkanes) is 4. The van der Waals surface area contributed by atoms with Crippen LogP contribution >= 0.6 is 0 Å². The van der Waals surface area contributed by atoms with E-state index in [1.54, 1.807) is 0 Å². The molecule has 0 N–H and O–H groups in total. The van der Waals surface area contributed by atoms with E-state index in [1.807, 2.05) is 13.8 Å². The molecule has 2 aromatic rings. The highest BCUT2D eigenvalue weighted by atomic mass is 19.4. The zero-order chi connectivity index (χ0) is 25.8. The van der Waals surface area contributed by atoms with Crippen LogP contribution in [-0.4, -0.2) is 25.4 Å². The first-order chi connectivity index (χ1) is 16.7. The van der Waals surface area contributed by atoms with E-state index in [9.17, 15) is 26.7 Å². The SMILES string of the molecule is CCCCCCC(CCOC(=O)c1ccc(-c2ccc(OCCCC)c(F)c2F)cc1)C(F)(F)F. The molecule has 0 saturated carbocycles. The van der Waals surface area contributed by atoms with Crippen LogP contribution in [0.15, 0.2) is 36.4 Å². The summed E-state index contributed by atoms with van der Waals surface area (Å²) in [4.78, 5) is 12.3. The third-order valence-corrected chi connectivity index (χ3v) is 5.80. The van der Waals surface area contributed by atoms with Crippen molar-refractivity contribution in [3.05, 3.63) is 53.6 Å². The summed E-state index contributed by atoms with van der Waals surface area (Å²) in [5.74, 6) is -4.60. The summed E-state index contributed by atoms with van der Waals surface area (Å²) in [5, 5.41) is 0. The maximum atomic E-state index is 14.5. The number of alkyl halides is 3. The minimum Gasteiger partial charge on any atom is -0.490 e. The van der Waals surface area contributed by atoms with Gasteiger partial charge in [0.2, 0.25) is 5.82 Å². The van der Waals surface area contributed by atoms with Crippen molar-refractivity contribution in [3.8, 4) is 16.9 Å². The largest absolute Gasteiger partial charge is 0.490 e. The molecule has 0 aliphatic rings. The fraction of sp³-hybridized carbons (Fsp3) is 0.519. The van der Waals surface area contributed by atoms with Gasteiger partial charge in [-0.05, 0) is 49.1 Å². The van der Waals surface area contributed by atoms with Crippen LogP contribution in [0.2, 0.25) is 0 Å². The van der Waals surface area contributed by atoms with Crippen molar-refractivity contribution in [2.45, 2.75) is 71.4 Å². The summed E-state index contributed by atoms with van der Waals surface area (Å²) in [7, 11) is 0. The summed E-state index contributed by atoms with van der Waals surface area (Å²) >= 11 is 0. The van der Waals surface area contributed by atoms with Crippen LogP contribution < -0.4 is 4.74 Å². The highest BCUT2D eigenvalue weighted by molar-refractivity contribution is 5.90.